The Morgan fingerprint density at radius 1 is 1.19 bits per heavy atom. The minimum Gasteiger partial charge on any atom is -0.340 e. The number of carbonyl (C=O) groups excluding carboxylic acids is 1. The van der Waals surface area contributed by atoms with Crippen molar-refractivity contribution in [3.05, 3.63) is 35.6 Å². The summed E-state index contributed by atoms with van der Waals surface area (Å²) in [5.74, 6) is -0.416. The van der Waals surface area contributed by atoms with Gasteiger partial charge < -0.3 is 4.90 Å². The lowest BCUT2D eigenvalue weighted by Crippen LogP contribution is -2.52. The maximum atomic E-state index is 13.3. The first-order valence-electron chi connectivity index (χ1n) is 9.03. The monoisotopic (exact) mass is 383 g/mol. The molecular weight excluding hydrogens is 357 g/mol. The zero-order valence-corrected chi connectivity index (χ0v) is 15.9. The Balaban J connectivity index is 1.52. The normalized spacial score (nSPS) is 23.2. The van der Waals surface area contributed by atoms with E-state index >= 15 is 0 Å². The molecule has 1 atom stereocenters. The quantitative estimate of drug-likeness (QED) is 0.782. The summed E-state index contributed by atoms with van der Waals surface area (Å²) in [5.41, 5.74) is 0.931. The van der Waals surface area contributed by atoms with Crippen LogP contribution in [-0.4, -0.2) is 74.0 Å². The van der Waals surface area contributed by atoms with Crippen molar-refractivity contribution < 1.29 is 17.6 Å². The summed E-state index contributed by atoms with van der Waals surface area (Å²) < 4.78 is 38.2. The summed E-state index contributed by atoms with van der Waals surface area (Å²) in [7, 11) is -3.25. The van der Waals surface area contributed by atoms with Crippen LogP contribution in [0.2, 0.25) is 0 Å². The van der Waals surface area contributed by atoms with Gasteiger partial charge in [-0.2, -0.15) is 0 Å². The number of amides is 1. The molecule has 2 aliphatic rings. The molecular formula is C18H26FN3O3S. The van der Waals surface area contributed by atoms with Crippen molar-refractivity contribution in [1.29, 1.82) is 0 Å². The summed E-state index contributed by atoms with van der Waals surface area (Å²) in [6.45, 7) is 4.21. The molecule has 6 nitrogen and oxygen atoms in total. The number of nitrogens with zero attached hydrogens (tertiary/aromatic N) is 3. The van der Waals surface area contributed by atoms with E-state index in [-0.39, 0.29) is 17.6 Å². The SMILES string of the molecule is CS(=O)(=O)N1CCC[C@H](C(=O)N2CCN(Cc3cccc(F)c3)CC2)C1. The number of hydrogen-bond acceptors (Lipinski definition) is 4. The number of hydrogen-bond donors (Lipinski definition) is 0. The van der Waals surface area contributed by atoms with Gasteiger partial charge in [-0.05, 0) is 30.5 Å². The number of piperidine rings is 1. The minimum atomic E-state index is -3.25. The average molecular weight is 383 g/mol. The van der Waals surface area contributed by atoms with E-state index in [1.54, 1.807) is 12.1 Å². The zero-order chi connectivity index (χ0) is 18.7. The molecule has 0 aliphatic carbocycles. The molecule has 1 aromatic rings. The van der Waals surface area contributed by atoms with E-state index in [1.807, 2.05) is 11.0 Å². The zero-order valence-electron chi connectivity index (χ0n) is 15.1. The van der Waals surface area contributed by atoms with Crippen LogP contribution >= 0.6 is 0 Å². The molecule has 2 heterocycles. The number of piperazine rings is 1. The molecule has 144 valence electrons. The van der Waals surface area contributed by atoms with Crippen LogP contribution in [0.3, 0.4) is 0 Å². The number of carbonyl (C=O) groups is 1. The predicted octanol–water partition coefficient (Wildman–Crippen LogP) is 1.14. The Morgan fingerprint density at radius 3 is 2.58 bits per heavy atom. The summed E-state index contributed by atoms with van der Waals surface area (Å²) in [6, 6.07) is 6.59. The van der Waals surface area contributed by atoms with Crippen molar-refractivity contribution in [1.82, 2.24) is 14.1 Å². The molecule has 0 aromatic heterocycles. The summed E-state index contributed by atoms with van der Waals surface area (Å²) in [4.78, 5) is 16.8. The predicted molar refractivity (Wildman–Crippen MR) is 97.4 cm³/mol. The maximum absolute atomic E-state index is 13.3. The molecule has 0 unspecified atom stereocenters. The first kappa shape index (κ1) is 19.3. The van der Waals surface area contributed by atoms with Crippen LogP contribution in [0.1, 0.15) is 18.4 Å². The molecule has 2 saturated heterocycles. The van der Waals surface area contributed by atoms with Crippen LogP contribution in [0, 0.1) is 11.7 Å². The van der Waals surface area contributed by atoms with E-state index in [0.29, 0.717) is 32.7 Å². The maximum Gasteiger partial charge on any atom is 0.227 e. The van der Waals surface area contributed by atoms with Gasteiger partial charge in [-0.25, -0.2) is 17.1 Å². The van der Waals surface area contributed by atoms with Gasteiger partial charge >= 0.3 is 0 Å². The van der Waals surface area contributed by atoms with Crippen molar-refractivity contribution in [2.24, 2.45) is 5.92 Å². The van der Waals surface area contributed by atoms with Gasteiger partial charge in [-0.1, -0.05) is 12.1 Å². The standard InChI is InChI=1S/C18H26FN3O3S/c1-26(24,25)22-7-3-5-16(14-22)18(23)21-10-8-20(9-11-21)13-15-4-2-6-17(19)12-15/h2,4,6,12,16H,3,5,7-11,13-14H2,1H3/t16-/m0/s1. The first-order valence-corrected chi connectivity index (χ1v) is 10.9. The molecule has 1 aromatic carbocycles. The smallest absolute Gasteiger partial charge is 0.227 e. The van der Waals surface area contributed by atoms with Gasteiger partial charge in [0.1, 0.15) is 5.82 Å². The van der Waals surface area contributed by atoms with Crippen LogP contribution < -0.4 is 0 Å². The lowest BCUT2D eigenvalue weighted by atomic mass is 9.97. The third kappa shape index (κ3) is 4.81. The molecule has 0 saturated carbocycles. The second-order valence-corrected chi connectivity index (χ2v) is 9.17. The average Bonchev–Trinajstić information content (AvgIpc) is 2.61. The molecule has 0 bridgehead atoms. The van der Waals surface area contributed by atoms with E-state index in [9.17, 15) is 17.6 Å². The number of sulfonamides is 1. The van der Waals surface area contributed by atoms with Gasteiger partial charge in [-0.3, -0.25) is 9.69 Å². The van der Waals surface area contributed by atoms with Gasteiger partial charge in [0, 0.05) is 45.8 Å². The fourth-order valence-electron chi connectivity index (χ4n) is 3.72. The highest BCUT2D eigenvalue weighted by Gasteiger charge is 2.33. The highest BCUT2D eigenvalue weighted by Crippen LogP contribution is 2.21. The van der Waals surface area contributed by atoms with Gasteiger partial charge in [0.25, 0.3) is 0 Å². The third-order valence-electron chi connectivity index (χ3n) is 5.18. The molecule has 0 N–H and O–H groups in total. The molecule has 8 heteroatoms. The number of benzene rings is 1. The van der Waals surface area contributed by atoms with Gasteiger partial charge in [0.05, 0.1) is 12.2 Å². The first-order chi connectivity index (χ1) is 12.3. The van der Waals surface area contributed by atoms with Crippen LogP contribution in [0.5, 0.6) is 0 Å². The molecule has 3 rings (SSSR count). The summed E-state index contributed by atoms with van der Waals surface area (Å²) >= 11 is 0. The highest BCUT2D eigenvalue weighted by molar-refractivity contribution is 7.88. The van der Waals surface area contributed by atoms with Crippen LogP contribution in [0.4, 0.5) is 4.39 Å². The van der Waals surface area contributed by atoms with Crippen molar-refractivity contribution in [3.63, 3.8) is 0 Å². The van der Waals surface area contributed by atoms with E-state index < -0.39 is 10.0 Å². The lowest BCUT2D eigenvalue weighted by Gasteiger charge is -2.38. The Hall–Kier alpha value is -1.51. The molecule has 26 heavy (non-hydrogen) atoms. The minimum absolute atomic E-state index is 0.0590. The van der Waals surface area contributed by atoms with Crippen molar-refractivity contribution in [3.8, 4) is 0 Å². The highest BCUT2D eigenvalue weighted by atomic mass is 32.2. The van der Waals surface area contributed by atoms with Crippen molar-refractivity contribution >= 4 is 15.9 Å². The van der Waals surface area contributed by atoms with E-state index in [2.05, 4.69) is 4.90 Å². The van der Waals surface area contributed by atoms with Gasteiger partial charge in [0.15, 0.2) is 0 Å². The van der Waals surface area contributed by atoms with Crippen molar-refractivity contribution in [2.45, 2.75) is 19.4 Å². The van der Waals surface area contributed by atoms with E-state index in [0.717, 1.165) is 31.5 Å². The molecule has 0 spiro atoms. The topological polar surface area (TPSA) is 60.9 Å². The largest absolute Gasteiger partial charge is 0.340 e. The van der Waals surface area contributed by atoms with E-state index in [1.165, 1.54) is 16.6 Å². The molecule has 2 aliphatic heterocycles. The van der Waals surface area contributed by atoms with Crippen LogP contribution in [-0.2, 0) is 21.4 Å². The Morgan fingerprint density at radius 2 is 1.92 bits per heavy atom. The Kier molecular flexibility index (Phi) is 5.94. The number of rotatable bonds is 4. The molecule has 0 radical (unpaired) electrons. The second kappa shape index (κ2) is 8.02. The Bertz CT molecular complexity index is 748. The van der Waals surface area contributed by atoms with Crippen molar-refractivity contribution in [2.75, 3.05) is 45.5 Å². The van der Waals surface area contributed by atoms with Crippen LogP contribution in [0.25, 0.3) is 0 Å². The fraction of sp³-hybridized carbons (Fsp3) is 0.611. The fourth-order valence-corrected chi connectivity index (χ4v) is 4.63. The molecule has 2 fully saturated rings. The van der Waals surface area contributed by atoms with E-state index in [4.69, 9.17) is 0 Å². The second-order valence-electron chi connectivity index (χ2n) is 7.19. The summed E-state index contributed by atoms with van der Waals surface area (Å²) in [6.07, 6.45) is 2.67. The van der Waals surface area contributed by atoms with Gasteiger partial charge in [-0.15, -0.1) is 0 Å². The third-order valence-corrected chi connectivity index (χ3v) is 6.45. The molecule has 1 amide bonds. The van der Waals surface area contributed by atoms with Gasteiger partial charge in [0.2, 0.25) is 15.9 Å². The Labute approximate surface area is 154 Å². The number of halogens is 1. The summed E-state index contributed by atoms with van der Waals surface area (Å²) in [5, 5.41) is 0. The lowest BCUT2D eigenvalue weighted by molar-refractivity contribution is -0.138. The van der Waals surface area contributed by atoms with Crippen LogP contribution in [0.15, 0.2) is 24.3 Å².